The lowest BCUT2D eigenvalue weighted by Gasteiger charge is -2.48. The van der Waals surface area contributed by atoms with Crippen molar-refractivity contribution in [3.05, 3.63) is 12.7 Å². The Morgan fingerprint density at radius 2 is 1.77 bits per heavy atom. The maximum absolute atomic E-state index is 11.3. The monoisotopic (exact) mass is 322 g/mol. The summed E-state index contributed by atoms with van der Waals surface area (Å²) >= 11 is 0. The Hall–Kier alpha value is -1.57. The molecular formula is C14H21F3N2O3. The molecule has 0 unspecified atom stereocenters. The van der Waals surface area contributed by atoms with Gasteiger partial charge >= 0.3 is 12.1 Å². The molecule has 0 aromatic rings. The van der Waals surface area contributed by atoms with Gasteiger partial charge in [0.1, 0.15) is 0 Å². The number of alkyl halides is 3. The van der Waals surface area contributed by atoms with E-state index in [9.17, 15) is 18.0 Å². The summed E-state index contributed by atoms with van der Waals surface area (Å²) in [6, 6.07) is 0.633. The van der Waals surface area contributed by atoms with Gasteiger partial charge in [-0.05, 0) is 32.9 Å². The molecule has 2 fully saturated rings. The van der Waals surface area contributed by atoms with Crippen molar-refractivity contribution in [3.8, 4) is 0 Å². The first-order valence-corrected chi connectivity index (χ1v) is 6.96. The molecule has 1 spiro atoms. The predicted molar refractivity (Wildman–Crippen MR) is 74.2 cm³/mol. The SMILES string of the molecule is C=CC(=O)N1CC2(CCN(C(C)C)C2)C1.O=C(O)C(F)(F)F. The third-order valence-corrected chi connectivity index (χ3v) is 3.98. The average Bonchev–Trinajstić information content (AvgIpc) is 2.81. The van der Waals surface area contributed by atoms with Gasteiger partial charge in [0, 0.05) is 31.1 Å². The number of amides is 1. The molecule has 0 aliphatic carbocycles. The van der Waals surface area contributed by atoms with E-state index in [1.807, 2.05) is 4.90 Å². The molecule has 2 saturated heterocycles. The summed E-state index contributed by atoms with van der Waals surface area (Å²) < 4.78 is 31.7. The van der Waals surface area contributed by atoms with Crippen molar-refractivity contribution in [3.63, 3.8) is 0 Å². The minimum atomic E-state index is -5.08. The van der Waals surface area contributed by atoms with E-state index in [4.69, 9.17) is 9.90 Å². The van der Waals surface area contributed by atoms with Crippen molar-refractivity contribution >= 4 is 11.9 Å². The first-order chi connectivity index (χ1) is 10.0. The number of rotatable bonds is 2. The van der Waals surface area contributed by atoms with Gasteiger partial charge in [-0.2, -0.15) is 13.2 Å². The van der Waals surface area contributed by atoms with Crippen molar-refractivity contribution in [2.24, 2.45) is 5.41 Å². The van der Waals surface area contributed by atoms with Crippen LogP contribution in [0, 0.1) is 5.41 Å². The minimum absolute atomic E-state index is 0.0867. The van der Waals surface area contributed by atoms with Gasteiger partial charge in [-0.1, -0.05) is 6.58 Å². The van der Waals surface area contributed by atoms with Gasteiger partial charge in [0.15, 0.2) is 0 Å². The standard InChI is InChI=1S/C12H20N2O.C2HF3O2/c1-4-11(15)14-8-12(9-14)5-6-13(7-12)10(2)3;3-2(4,5)1(6)7/h4,10H,1,5-9H2,2-3H3;(H,6,7). The second kappa shape index (κ2) is 6.68. The largest absolute Gasteiger partial charge is 0.490 e. The number of carboxylic acid groups (broad SMARTS) is 1. The first-order valence-electron chi connectivity index (χ1n) is 6.96. The van der Waals surface area contributed by atoms with Crippen LogP contribution in [0.3, 0.4) is 0 Å². The van der Waals surface area contributed by atoms with Crippen LogP contribution in [0.4, 0.5) is 13.2 Å². The number of carbonyl (C=O) groups excluding carboxylic acids is 1. The van der Waals surface area contributed by atoms with E-state index < -0.39 is 12.1 Å². The highest BCUT2D eigenvalue weighted by Crippen LogP contribution is 2.40. The molecule has 0 radical (unpaired) electrons. The van der Waals surface area contributed by atoms with E-state index in [1.54, 1.807) is 0 Å². The summed E-state index contributed by atoms with van der Waals surface area (Å²) in [7, 11) is 0. The number of likely N-dealkylation sites (tertiary alicyclic amines) is 2. The van der Waals surface area contributed by atoms with Gasteiger partial charge in [0.05, 0.1) is 0 Å². The van der Waals surface area contributed by atoms with Crippen LogP contribution in [-0.4, -0.2) is 65.2 Å². The maximum atomic E-state index is 11.3. The van der Waals surface area contributed by atoms with Crippen molar-refractivity contribution in [1.29, 1.82) is 0 Å². The Morgan fingerprint density at radius 3 is 2.09 bits per heavy atom. The third kappa shape index (κ3) is 4.46. The number of nitrogens with zero attached hydrogens (tertiary/aromatic N) is 2. The summed E-state index contributed by atoms with van der Waals surface area (Å²) in [6.45, 7) is 12.2. The average molecular weight is 322 g/mol. The molecule has 2 rings (SSSR count). The highest BCUT2D eigenvalue weighted by atomic mass is 19.4. The topological polar surface area (TPSA) is 60.9 Å². The first kappa shape index (κ1) is 18.5. The van der Waals surface area contributed by atoms with Crippen LogP contribution < -0.4 is 0 Å². The van der Waals surface area contributed by atoms with E-state index in [0.29, 0.717) is 11.5 Å². The fraction of sp³-hybridized carbons (Fsp3) is 0.714. The summed E-state index contributed by atoms with van der Waals surface area (Å²) in [4.78, 5) is 24.6. The minimum Gasteiger partial charge on any atom is -0.475 e. The van der Waals surface area contributed by atoms with E-state index in [0.717, 1.165) is 19.6 Å². The second-order valence-corrected chi connectivity index (χ2v) is 6.02. The zero-order chi connectivity index (χ0) is 17.1. The third-order valence-electron chi connectivity index (χ3n) is 3.98. The molecule has 1 amide bonds. The highest BCUT2D eigenvalue weighted by Gasteiger charge is 2.48. The van der Waals surface area contributed by atoms with Crippen LogP contribution in [0.2, 0.25) is 0 Å². The number of halogens is 3. The quantitative estimate of drug-likeness (QED) is 0.787. The Balaban J connectivity index is 0.000000295. The molecule has 22 heavy (non-hydrogen) atoms. The fourth-order valence-electron chi connectivity index (χ4n) is 2.72. The smallest absolute Gasteiger partial charge is 0.475 e. The van der Waals surface area contributed by atoms with Crippen molar-refractivity contribution < 1.29 is 27.9 Å². The zero-order valence-corrected chi connectivity index (χ0v) is 12.7. The van der Waals surface area contributed by atoms with Crippen molar-refractivity contribution in [2.75, 3.05) is 26.2 Å². The van der Waals surface area contributed by atoms with Gasteiger partial charge in [0.2, 0.25) is 5.91 Å². The zero-order valence-electron chi connectivity index (χ0n) is 12.7. The van der Waals surface area contributed by atoms with Crippen LogP contribution in [0.1, 0.15) is 20.3 Å². The Kier molecular flexibility index (Phi) is 5.61. The van der Waals surface area contributed by atoms with E-state index >= 15 is 0 Å². The highest BCUT2D eigenvalue weighted by molar-refractivity contribution is 5.87. The maximum Gasteiger partial charge on any atom is 0.490 e. The van der Waals surface area contributed by atoms with Gasteiger partial charge in [0.25, 0.3) is 0 Å². The Bertz CT molecular complexity index is 443. The number of carboxylic acids is 1. The molecule has 126 valence electrons. The molecule has 2 aliphatic rings. The molecule has 2 aliphatic heterocycles. The summed E-state index contributed by atoms with van der Waals surface area (Å²) in [6.07, 6.45) is -2.42. The number of aliphatic carboxylic acids is 1. The molecule has 0 saturated carbocycles. The molecule has 2 heterocycles. The summed E-state index contributed by atoms with van der Waals surface area (Å²) in [5.41, 5.74) is 0.406. The Labute approximate surface area is 127 Å². The molecule has 0 aromatic carbocycles. The summed E-state index contributed by atoms with van der Waals surface area (Å²) in [5, 5.41) is 7.12. The van der Waals surface area contributed by atoms with Crippen molar-refractivity contribution in [1.82, 2.24) is 9.80 Å². The van der Waals surface area contributed by atoms with Crippen LogP contribution in [0.15, 0.2) is 12.7 Å². The second-order valence-electron chi connectivity index (χ2n) is 6.02. The van der Waals surface area contributed by atoms with E-state index in [-0.39, 0.29) is 5.91 Å². The van der Waals surface area contributed by atoms with E-state index in [2.05, 4.69) is 25.3 Å². The van der Waals surface area contributed by atoms with Crippen LogP contribution in [0.25, 0.3) is 0 Å². The normalized spacial score (nSPS) is 20.4. The molecule has 0 aromatic heterocycles. The van der Waals surface area contributed by atoms with Crippen LogP contribution in [-0.2, 0) is 9.59 Å². The summed E-state index contributed by atoms with van der Waals surface area (Å²) in [5.74, 6) is -2.67. The number of hydrogen-bond donors (Lipinski definition) is 1. The molecule has 5 nitrogen and oxygen atoms in total. The lowest BCUT2D eigenvalue weighted by atomic mass is 9.79. The van der Waals surface area contributed by atoms with Crippen LogP contribution in [0.5, 0.6) is 0 Å². The van der Waals surface area contributed by atoms with Gasteiger partial charge in [-0.15, -0.1) is 0 Å². The predicted octanol–water partition coefficient (Wildman–Crippen LogP) is 1.75. The molecule has 0 atom stereocenters. The van der Waals surface area contributed by atoms with E-state index in [1.165, 1.54) is 19.0 Å². The van der Waals surface area contributed by atoms with Gasteiger partial charge in [-0.25, -0.2) is 4.79 Å². The molecule has 0 bridgehead atoms. The van der Waals surface area contributed by atoms with Gasteiger partial charge < -0.3 is 14.9 Å². The lowest BCUT2D eigenvalue weighted by Crippen LogP contribution is -2.59. The van der Waals surface area contributed by atoms with Gasteiger partial charge in [-0.3, -0.25) is 4.79 Å². The molecule has 1 N–H and O–H groups in total. The molecular weight excluding hydrogens is 301 g/mol. The fourth-order valence-corrected chi connectivity index (χ4v) is 2.72. The number of carbonyl (C=O) groups is 2. The van der Waals surface area contributed by atoms with Crippen LogP contribution >= 0.6 is 0 Å². The van der Waals surface area contributed by atoms with Crippen molar-refractivity contribution in [2.45, 2.75) is 32.5 Å². The molecule has 8 heteroatoms. The lowest BCUT2D eigenvalue weighted by molar-refractivity contribution is -0.192. The number of hydrogen-bond acceptors (Lipinski definition) is 3. The Morgan fingerprint density at radius 1 is 1.27 bits per heavy atom.